The lowest BCUT2D eigenvalue weighted by Gasteiger charge is -2.19. The quantitative estimate of drug-likeness (QED) is 0.817. The molecule has 27 heavy (non-hydrogen) atoms. The lowest BCUT2D eigenvalue weighted by molar-refractivity contribution is -0.122. The average molecular weight is 387 g/mol. The fraction of sp³-hybridized carbons (Fsp3) is 0.250. The molecule has 1 unspecified atom stereocenters. The van der Waals surface area contributed by atoms with E-state index in [-0.39, 0.29) is 30.3 Å². The Morgan fingerprint density at radius 3 is 2.67 bits per heavy atom. The lowest BCUT2D eigenvalue weighted by Crippen LogP contribution is -2.29. The van der Waals surface area contributed by atoms with Gasteiger partial charge in [-0.2, -0.15) is 0 Å². The van der Waals surface area contributed by atoms with Crippen molar-refractivity contribution in [3.63, 3.8) is 0 Å². The van der Waals surface area contributed by atoms with Crippen LogP contribution in [-0.4, -0.2) is 31.4 Å². The van der Waals surface area contributed by atoms with Crippen LogP contribution in [-0.2, 0) is 14.3 Å². The van der Waals surface area contributed by atoms with Gasteiger partial charge in [0.25, 0.3) is 0 Å². The Morgan fingerprint density at radius 1 is 1.19 bits per heavy atom. The molecule has 140 valence electrons. The zero-order chi connectivity index (χ0) is 19.6. The van der Waals surface area contributed by atoms with Crippen molar-refractivity contribution < 1.29 is 19.1 Å². The van der Waals surface area contributed by atoms with Gasteiger partial charge in [-0.05, 0) is 36.8 Å². The Morgan fingerprint density at radius 2 is 1.93 bits per heavy atom. The zero-order valence-corrected chi connectivity index (χ0v) is 15.7. The van der Waals surface area contributed by atoms with Gasteiger partial charge in [0, 0.05) is 23.7 Å². The molecule has 2 aromatic carbocycles. The van der Waals surface area contributed by atoms with Crippen LogP contribution >= 0.6 is 11.6 Å². The maximum absolute atomic E-state index is 12.7. The molecule has 3 rings (SSSR count). The molecule has 0 bridgehead atoms. The van der Waals surface area contributed by atoms with Crippen LogP contribution in [0.25, 0.3) is 0 Å². The van der Waals surface area contributed by atoms with Crippen LogP contribution < -0.4 is 10.2 Å². The van der Waals surface area contributed by atoms with E-state index in [1.165, 1.54) is 7.11 Å². The van der Waals surface area contributed by atoms with Gasteiger partial charge in [0.1, 0.15) is 0 Å². The van der Waals surface area contributed by atoms with Crippen LogP contribution in [0.5, 0.6) is 0 Å². The number of hydrogen-bond acceptors (Lipinski definition) is 4. The molecule has 1 aliphatic rings. The first-order valence-corrected chi connectivity index (χ1v) is 8.84. The van der Waals surface area contributed by atoms with Crippen molar-refractivity contribution in [3.05, 3.63) is 58.6 Å². The number of rotatable bonds is 4. The average Bonchev–Trinajstić information content (AvgIpc) is 3.05. The lowest BCUT2D eigenvalue weighted by atomic mass is 10.1. The smallest absolute Gasteiger partial charge is 0.339 e. The van der Waals surface area contributed by atoms with Crippen LogP contribution in [0.1, 0.15) is 22.3 Å². The molecule has 1 aliphatic heterocycles. The summed E-state index contributed by atoms with van der Waals surface area (Å²) in [5, 5.41) is 3.31. The van der Waals surface area contributed by atoms with Crippen molar-refractivity contribution in [2.75, 3.05) is 23.9 Å². The number of anilines is 2. The van der Waals surface area contributed by atoms with Gasteiger partial charge in [0.05, 0.1) is 24.3 Å². The Bertz CT molecular complexity index is 913. The number of nitrogens with zero attached hydrogens (tertiary/aromatic N) is 1. The first-order chi connectivity index (χ1) is 12.9. The normalized spacial score (nSPS) is 16.3. The minimum Gasteiger partial charge on any atom is -0.465 e. The van der Waals surface area contributed by atoms with Gasteiger partial charge in [-0.1, -0.05) is 29.8 Å². The number of nitrogens with one attached hydrogen (secondary N) is 1. The Labute approximate surface area is 162 Å². The molecule has 6 nitrogen and oxygen atoms in total. The maximum atomic E-state index is 12.7. The second kappa shape index (κ2) is 7.80. The summed E-state index contributed by atoms with van der Waals surface area (Å²) >= 11 is 6.15. The molecule has 0 aliphatic carbocycles. The van der Waals surface area contributed by atoms with E-state index < -0.39 is 11.9 Å². The molecule has 0 spiro atoms. The molecular formula is C20H19ClN2O4. The summed E-state index contributed by atoms with van der Waals surface area (Å²) < 4.78 is 4.74. The summed E-state index contributed by atoms with van der Waals surface area (Å²) in [5.41, 5.74) is 2.13. The third-order valence-corrected chi connectivity index (χ3v) is 5.03. The molecule has 1 heterocycles. The van der Waals surface area contributed by atoms with Crippen LogP contribution in [0.15, 0.2) is 42.5 Å². The fourth-order valence-corrected chi connectivity index (χ4v) is 3.29. The van der Waals surface area contributed by atoms with Gasteiger partial charge >= 0.3 is 5.97 Å². The van der Waals surface area contributed by atoms with Crippen molar-refractivity contribution in [3.8, 4) is 0 Å². The van der Waals surface area contributed by atoms with E-state index >= 15 is 0 Å². The van der Waals surface area contributed by atoms with Crippen molar-refractivity contribution in [1.82, 2.24) is 0 Å². The highest BCUT2D eigenvalue weighted by Gasteiger charge is 2.36. The van der Waals surface area contributed by atoms with Crippen molar-refractivity contribution in [2.24, 2.45) is 5.92 Å². The van der Waals surface area contributed by atoms with E-state index in [0.29, 0.717) is 16.4 Å². The zero-order valence-electron chi connectivity index (χ0n) is 15.0. The van der Waals surface area contributed by atoms with Crippen molar-refractivity contribution >= 4 is 40.8 Å². The van der Waals surface area contributed by atoms with E-state index in [2.05, 4.69) is 5.32 Å². The van der Waals surface area contributed by atoms with Crippen LogP contribution in [0.3, 0.4) is 0 Å². The molecule has 0 radical (unpaired) electrons. The number of ether oxygens (including phenoxy) is 1. The number of benzene rings is 2. The minimum absolute atomic E-state index is 0.0954. The summed E-state index contributed by atoms with van der Waals surface area (Å²) in [4.78, 5) is 38.6. The topological polar surface area (TPSA) is 75.7 Å². The van der Waals surface area contributed by atoms with Crippen molar-refractivity contribution in [2.45, 2.75) is 13.3 Å². The summed E-state index contributed by atoms with van der Waals surface area (Å²) in [6.45, 7) is 2.09. The molecule has 1 saturated heterocycles. The summed E-state index contributed by atoms with van der Waals surface area (Å²) in [6.07, 6.45) is 0.0954. The maximum Gasteiger partial charge on any atom is 0.339 e. The Hall–Kier alpha value is -2.86. The van der Waals surface area contributed by atoms with Crippen LogP contribution in [0, 0.1) is 12.8 Å². The second-order valence-electron chi connectivity index (χ2n) is 6.32. The number of carbonyl (C=O) groups is 3. The number of halogens is 1. The van der Waals surface area contributed by atoms with Crippen molar-refractivity contribution in [1.29, 1.82) is 0 Å². The summed E-state index contributed by atoms with van der Waals surface area (Å²) in [5.74, 6) is -1.52. The molecule has 1 fully saturated rings. The number of esters is 1. The number of methoxy groups -OCH3 is 1. The van der Waals surface area contributed by atoms with Gasteiger partial charge in [-0.3, -0.25) is 9.59 Å². The third kappa shape index (κ3) is 3.80. The van der Waals surface area contributed by atoms with E-state index in [4.69, 9.17) is 16.3 Å². The summed E-state index contributed by atoms with van der Waals surface area (Å²) in [6, 6.07) is 11.9. The van der Waals surface area contributed by atoms with Gasteiger partial charge in [0.15, 0.2) is 0 Å². The predicted molar refractivity (Wildman–Crippen MR) is 103 cm³/mol. The highest BCUT2D eigenvalue weighted by Crippen LogP contribution is 2.32. The van der Waals surface area contributed by atoms with E-state index in [0.717, 1.165) is 5.56 Å². The molecule has 7 heteroatoms. The van der Waals surface area contributed by atoms with E-state index in [9.17, 15) is 14.4 Å². The second-order valence-corrected chi connectivity index (χ2v) is 6.72. The Kier molecular flexibility index (Phi) is 5.46. The Balaban J connectivity index is 1.77. The first kappa shape index (κ1) is 18.9. The monoisotopic (exact) mass is 386 g/mol. The van der Waals surface area contributed by atoms with Gasteiger partial charge in [0.2, 0.25) is 11.8 Å². The largest absolute Gasteiger partial charge is 0.465 e. The highest BCUT2D eigenvalue weighted by molar-refractivity contribution is 6.31. The van der Waals surface area contributed by atoms with E-state index in [1.54, 1.807) is 41.3 Å². The minimum atomic E-state index is -0.537. The molecule has 1 N–H and O–H groups in total. The predicted octanol–water partition coefficient (Wildman–Crippen LogP) is 3.43. The SMILES string of the molecule is COC(=O)c1ccccc1NC(=O)C1CC(=O)N(c2cccc(Cl)c2C)C1. The molecule has 0 saturated carbocycles. The van der Waals surface area contributed by atoms with Gasteiger partial charge in [-0.15, -0.1) is 0 Å². The molecular weight excluding hydrogens is 368 g/mol. The number of hydrogen-bond donors (Lipinski definition) is 1. The van der Waals surface area contributed by atoms with E-state index in [1.807, 2.05) is 13.0 Å². The van der Waals surface area contributed by atoms with Gasteiger partial charge < -0.3 is 15.0 Å². The number of carbonyl (C=O) groups excluding carboxylic acids is 3. The fourth-order valence-electron chi connectivity index (χ4n) is 3.12. The summed E-state index contributed by atoms with van der Waals surface area (Å²) in [7, 11) is 1.28. The molecule has 1 atom stereocenters. The number of para-hydroxylation sites is 1. The van der Waals surface area contributed by atoms with Crippen LogP contribution in [0.4, 0.5) is 11.4 Å². The third-order valence-electron chi connectivity index (χ3n) is 4.62. The standard InChI is InChI=1S/C20H19ClN2O4/c1-12-15(21)7-5-9-17(12)23-11-13(10-18(23)24)19(25)22-16-8-4-3-6-14(16)20(26)27-2/h3-9,13H,10-11H2,1-2H3,(H,22,25). The highest BCUT2D eigenvalue weighted by atomic mass is 35.5. The molecule has 2 amide bonds. The molecule has 2 aromatic rings. The molecule has 0 aromatic heterocycles. The number of amides is 2. The first-order valence-electron chi connectivity index (χ1n) is 8.46. The van der Waals surface area contributed by atoms with Gasteiger partial charge in [-0.25, -0.2) is 4.79 Å². The van der Waals surface area contributed by atoms with Crippen LogP contribution in [0.2, 0.25) is 5.02 Å².